The number of nitrogens with one attached hydrogen (secondary N) is 1. The molecule has 0 saturated heterocycles. The van der Waals surface area contributed by atoms with Gasteiger partial charge in [-0.15, -0.1) is 0 Å². The van der Waals surface area contributed by atoms with Gasteiger partial charge in [0.2, 0.25) is 5.88 Å². The van der Waals surface area contributed by atoms with Crippen molar-refractivity contribution in [1.82, 2.24) is 10.3 Å². The monoisotopic (exact) mass is 262 g/mol. The fourth-order valence-corrected chi connectivity index (χ4v) is 2.69. The van der Waals surface area contributed by atoms with Crippen LogP contribution in [-0.2, 0) is 6.54 Å². The fraction of sp³-hybridized carbons (Fsp3) is 0.688. The Kier molecular flexibility index (Phi) is 5.20. The first-order valence-electron chi connectivity index (χ1n) is 7.52. The molecule has 0 bridgehead atoms. The lowest BCUT2D eigenvalue weighted by molar-refractivity contribution is 0.0953. The molecule has 0 radical (unpaired) electrons. The van der Waals surface area contributed by atoms with Gasteiger partial charge in [0, 0.05) is 18.3 Å². The van der Waals surface area contributed by atoms with Crippen molar-refractivity contribution in [3.63, 3.8) is 0 Å². The number of pyridine rings is 1. The second-order valence-electron chi connectivity index (χ2n) is 5.76. The van der Waals surface area contributed by atoms with Crippen LogP contribution in [0, 0.1) is 11.8 Å². The molecule has 2 rings (SSSR count). The Morgan fingerprint density at radius 1 is 1.32 bits per heavy atom. The molecule has 3 heteroatoms. The van der Waals surface area contributed by atoms with Gasteiger partial charge in [-0.2, -0.15) is 0 Å². The van der Waals surface area contributed by atoms with Crippen LogP contribution in [0.2, 0.25) is 0 Å². The van der Waals surface area contributed by atoms with Gasteiger partial charge in [-0.1, -0.05) is 26.8 Å². The van der Waals surface area contributed by atoms with Crippen LogP contribution >= 0.6 is 0 Å². The average molecular weight is 262 g/mol. The first kappa shape index (κ1) is 14.3. The summed E-state index contributed by atoms with van der Waals surface area (Å²) in [5.74, 6) is 2.39. The van der Waals surface area contributed by atoms with Gasteiger partial charge in [0.1, 0.15) is 6.10 Å². The van der Waals surface area contributed by atoms with E-state index in [2.05, 4.69) is 37.1 Å². The minimum absolute atomic E-state index is 0.335. The van der Waals surface area contributed by atoms with Crippen molar-refractivity contribution in [1.29, 1.82) is 0 Å². The van der Waals surface area contributed by atoms with Gasteiger partial charge in [-0.25, -0.2) is 4.98 Å². The molecule has 1 aliphatic carbocycles. The third kappa shape index (κ3) is 3.93. The quantitative estimate of drug-likeness (QED) is 0.883. The molecule has 0 spiro atoms. The van der Waals surface area contributed by atoms with Crippen molar-refractivity contribution in [2.75, 3.05) is 6.54 Å². The van der Waals surface area contributed by atoms with Gasteiger partial charge in [0.05, 0.1) is 0 Å². The van der Waals surface area contributed by atoms with Gasteiger partial charge < -0.3 is 10.1 Å². The van der Waals surface area contributed by atoms with E-state index < -0.39 is 0 Å². The third-order valence-corrected chi connectivity index (χ3v) is 4.24. The average Bonchev–Trinajstić information content (AvgIpc) is 2.42. The molecule has 1 aromatic heterocycles. The predicted molar refractivity (Wildman–Crippen MR) is 78.2 cm³/mol. The van der Waals surface area contributed by atoms with Crippen molar-refractivity contribution in [3.05, 3.63) is 23.9 Å². The van der Waals surface area contributed by atoms with Gasteiger partial charge >= 0.3 is 0 Å². The molecule has 0 amide bonds. The standard InChI is InChI=1S/C16H26N2O/c1-4-17-11-14-6-5-9-18-16(14)19-15-8-7-12(2)13(3)10-15/h5-6,9,12-13,15,17H,4,7-8,10-11H2,1-3H3. The molecule has 1 aromatic rings. The van der Waals surface area contributed by atoms with Gasteiger partial charge in [-0.05, 0) is 43.7 Å². The van der Waals surface area contributed by atoms with Crippen molar-refractivity contribution in [2.24, 2.45) is 11.8 Å². The van der Waals surface area contributed by atoms with Gasteiger partial charge in [-0.3, -0.25) is 0 Å². The lowest BCUT2D eigenvalue weighted by atomic mass is 9.80. The number of aromatic nitrogens is 1. The molecule has 0 aliphatic heterocycles. The third-order valence-electron chi connectivity index (χ3n) is 4.24. The Balaban J connectivity index is 1.98. The highest BCUT2D eigenvalue weighted by molar-refractivity contribution is 5.25. The summed E-state index contributed by atoms with van der Waals surface area (Å²) in [5, 5.41) is 3.34. The van der Waals surface area contributed by atoms with Gasteiger partial charge in [0.15, 0.2) is 0 Å². The summed E-state index contributed by atoms with van der Waals surface area (Å²) in [7, 11) is 0. The van der Waals surface area contributed by atoms with Crippen LogP contribution in [0.4, 0.5) is 0 Å². The molecule has 0 aromatic carbocycles. The number of ether oxygens (including phenoxy) is 1. The first-order chi connectivity index (χ1) is 9.20. The second kappa shape index (κ2) is 6.90. The van der Waals surface area contributed by atoms with E-state index in [-0.39, 0.29) is 0 Å². The smallest absolute Gasteiger partial charge is 0.218 e. The van der Waals surface area contributed by atoms with Gasteiger partial charge in [0.25, 0.3) is 0 Å². The summed E-state index contributed by atoms with van der Waals surface area (Å²) in [5.41, 5.74) is 1.16. The van der Waals surface area contributed by atoms with Crippen molar-refractivity contribution in [2.45, 2.75) is 52.7 Å². The minimum Gasteiger partial charge on any atom is -0.474 e. The van der Waals surface area contributed by atoms with E-state index in [0.29, 0.717) is 6.10 Å². The molecule has 3 nitrogen and oxygen atoms in total. The van der Waals surface area contributed by atoms with Crippen molar-refractivity contribution < 1.29 is 4.74 Å². The zero-order valence-electron chi connectivity index (χ0n) is 12.4. The summed E-state index contributed by atoms with van der Waals surface area (Å²) in [6.45, 7) is 8.59. The maximum absolute atomic E-state index is 6.15. The largest absolute Gasteiger partial charge is 0.474 e. The highest BCUT2D eigenvalue weighted by atomic mass is 16.5. The van der Waals surface area contributed by atoms with E-state index in [1.54, 1.807) is 0 Å². The number of rotatable bonds is 5. The van der Waals surface area contributed by atoms with E-state index >= 15 is 0 Å². The Morgan fingerprint density at radius 3 is 2.89 bits per heavy atom. The Labute approximate surface area is 116 Å². The molecule has 1 saturated carbocycles. The van der Waals surface area contributed by atoms with E-state index in [9.17, 15) is 0 Å². The molecular weight excluding hydrogens is 236 g/mol. The van der Waals surface area contributed by atoms with E-state index in [1.165, 1.54) is 6.42 Å². The summed E-state index contributed by atoms with van der Waals surface area (Å²) in [6.07, 6.45) is 5.73. The molecule has 1 aliphatic rings. The zero-order chi connectivity index (χ0) is 13.7. The summed E-state index contributed by atoms with van der Waals surface area (Å²) in [4.78, 5) is 4.41. The summed E-state index contributed by atoms with van der Waals surface area (Å²) in [6, 6.07) is 4.07. The predicted octanol–water partition coefficient (Wildman–Crippen LogP) is 3.39. The van der Waals surface area contributed by atoms with Crippen LogP contribution in [0.25, 0.3) is 0 Å². The minimum atomic E-state index is 0.335. The number of nitrogens with zero attached hydrogens (tertiary/aromatic N) is 1. The number of hydrogen-bond donors (Lipinski definition) is 1. The molecule has 1 heterocycles. The number of hydrogen-bond acceptors (Lipinski definition) is 3. The topological polar surface area (TPSA) is 34.2 Å². The molecule has 1 fully saturated rings. The lowest BCUT2D eigenvalue weighted by Crippen LogP contribution is -2.29. The molecular formula is C16H26N2O. The van der Waals surface area contributed by atoms with Crippen LogP contribution in [0.15, 0.2) is 18.3 Å². The summed E-state index contributed by atoms with van der Waals surface area (Å²) < 4.78 is 6.15. The van der Waals surface area contributed by atoms with E-state index in [0.717, 1.165) is 49.2 Å². The van der Waals surface area contributed by atoms with Crippen LogP contribution in [0.5, 0.6) is 5.88 Å². The Morgan fingerprint density at radius 2 is 2.16 bits per heavy atom. The molecule has 19 heavy (non-hydrogen) atoms. The lowest BCUT2D eigenvalue weighted by Gasteiger charge is -2.32. The Bertz CT molecular complexity index is 394. The first-order valence-corrected chi connectivity index (χ1v) is 7.52. The van der Waals surface area contributed by atoms with Crippen LogP contribution in [0.3, 0.4) is 0 Å². The van der Waals surface area contributed by atoms with Crippen LogP contribution < -0.4 is 10.1 Å². The van der Waals surface area contributed by atoms with Crippen molar-refractivity contribution in [3.8, 4) is 5.88 Å². The second-order valence-corrected chi connectivity index (χ2v) is 5.76. The van der Waals surface area contributed by atoms with Crippen LogP contribution in [-0.4, -0.2) is 17.6 Å². The maximum Gasteiger partial charge on any atom is 0.218 e. The molecule has 3 atom stereocenters. The highest BCUT2D eigenvalue weighted by Gasteiger charge is 2.26. The SMILES string of the molecule is CCNCc1cccnc1OC1CCC(C)C(C)C1. The van der Waals surface area contributed by atoms with Crippen molar-refractivity contribution >= 4 is 0 Å². The zero-order valence-corrected chi connectivity index (χ0v) is 12.4. The molecule has 3 unspecified atom stereocenters. The summed E-state index contributed by atoms with van der Waals surface area (Å²) >= 11 is 0. The maximum atomic E-state index is 6.15. The van der Waals surface area contributed by atoms with E-state index in [4.69, 9.17) is 4.74 Å². The normalized spacial score (nSPS) is 27.2. The highest BCUT2D eigenvalue weighted by Crippen LogP contribution is 2.32. The Hall–Kier alpha value is -1.09. The fourth-order valence-electron chi connectivity index (χ4n) is 2.69. The molecule has 106 valence electrons. The van der Waals surface area contributed by atoms with E-state index in [1.807, 2.05) is 12.3 Å². The molecule has 1 N–H and O–H groups in total. The van der Waals surface area contributed by atoms with Crippen LogP contribution in [0.1, 0.15) is 45.6 Å².